The first-order valence-electron chi connectivity index (χ1n) is 5.74. The molecule has 1 aromatic heterocycles. The van der Waals surface area contributed by atoms with Crippen LogP contribution in [0.2, 0.25) is 0 Å². The highest BCUT2D eigenvalue weighted by Crippen LogP contribution is 2.33. The zero-order chi connectivity index (χ0) is 12.4. The summed E-state index contributed by atoms with van der Waals surface area (Å²) in [6, 6.07) is -0.439. The fourth-order valence-corrected chi connectivity index (χ4v) is 3.28. The molecular weight excluding hydrogens is 238 g/mol. The molecule has 2 rings (SSSR count). The molecule has 1 aliphatic heterocycles. The topological polar surface area (TPSA) is 67.2 Å². The predicted molar refractivity (Wildman–Crippen MR) is 67.0 cm³/mol. The van der Waals surface area contributed by atoms with Crippen LogP contribution in [0.5, 0.6) is 0 Å². The predicted octanol–water partition coefficient (Wildman–Crippen LogP) is 1.16. The number of rotatable bonds is 3. The average Bonchev–Trinajstić information content (AvgIpc) is 2.70. The fourth-order valence-electron chi connectivity index (χ4n) is 2.04. The van der Waals surface area contributed by atoms with Crippen molar-refractivity contribution >= 4 is 17.7 Å². The molecule has 2 N–H and O–H groups in total. The lowest BCUT2D eigenvalue weighted by Gasteiger charge is -2.28. The Bertz CT molecular complexity index is 419. The van der Waals surface area contributed by atoms with E-state index in [0.29, 0.717) is 6.42 Å². The Morgan fingerprint density at radius 1 is 1.76 bits per heavy atom. The second kappa shape index (κ2) is 5.10. The summed E-state index contributed by atoms with van der Waals surface area (Å²) in [5.74, 6) is 0.101. The van der Waals surface area contributed by atoms with Crippen LogP contribution in [0, 0.1) is 0 Å². The molecule has 94 valence electrons. The number of nitrogens with one attached hydrogen (secondary N) is 1. The maximum atomic E-state index is 11.0. The van der Waals surface area contributed by atoms with Crippen molar-refractivity contribution in [1.82, 2.24) is 15.1 Å². The van der Waals surface area contributed by atoms with E-state index in [2.05, 4.69) is 17.3 Å². The lowest BCUT2D eigenvalue weighted by Crippen LogP contribution is -2.41. The van der Waals surface area contributed by atoms with E-state index >= 15 is 0 Å². The minimum Gasteiger partial charge on any atom is -0.480 e. The first-order valence-corrected chi connectivity index (χ1v) is 6.79. The molecule has 1 aliphatic rings. The molecule has 0 bridgehead atoms. The Morgan fingerprint density at radius 3 is 3.18 bits per heavy atom. The molecule has 0 spiro atoms. The van der Waals surface area contributed by atoms with Gasteiger partial charge in [0.15, 0.2) is 0 Å². The van der Waals surface area contributed by atoms with E-state index in [-0.39, 0.29) is 5.37 Å². The number of hydrogen-bond donors (Lipinski definition) is 2. The van der Waals surface area contributed by atoms with Crippen molar-refractivity contribution in [1.29, 1.82) is 0 Å². The van der Waals surface area contributed by atoms with Crippen LogP contribution in [0.25, 0.3) is 0 Å². The first-order chi connectivity index (χ1) is 8.11. The van der Waals surface area contributed by atoms with Crippen LogP contribution in [0.4, 0.5) is 0 Å². The number of carboxylic acid groups (broad SMARTS) is 1. The summed E-state index contributed by atoms with van der Waals surface area (Å²) in [5, 5.41) is 16.6. The van der Waals surface area contributed by atoms with Crippen LogP contribution >= 0.6 is 11.8 Å². The van der Waals surface area contributed by atoms with E-state index in [9.17, 15) is 4.79 Å². The van der Waals surface area contributed by atoms with Crippen LogP contribution in [0.3, 0.4) is 0 Å². The van der Waals surface area contributed by atoms with Crippen LogP contribution < -0.4 is 5.32 Å². The zero-order valence-electron chi connectivity index (χ0n) is 10.0. The molecule has 6 heteroatoms. The standard InChI is InChI=1S/C11H17N3O2S/c1-3-8-7(6-14(2)13-8)10-12-9(11(15)16)4-5-17-10/h6,9-10,12H,3-5H2,1-2H3,(H,15,16). The van der Waals surface area contributed by atoms with Crippen molar-refractivity contribution < 1.29 is 9.90 Å². The average molecular weight is 255 g/mol. The maximum absolute atomic E-state index is 11.0. The van der Waals surface area contributed by atoms with E-state index in [1.165, 1.54) is 0 Å². The first kappa shape index (κ1) is 12.4. The number of aromatic nitrogens is 2. The van der Waals surface area contributed by atoms with Gasteiger partial charge in [0.2, 0.25) is 0 Å². The number of aliphatic carboxylic acids is 1. The van der Waals surface area contributed by atoms with Crippen molar-refractivity contribution in [2.24, 2.45) is 7.05 Å². The summed E-state index contributed by atoms with van der Waals surface area (Å²) < 4.78 is 1.79. The number of carboxylic acids is 1. The lowest BCUT2D eigenvalue weighted by atomic mass is 10.1. The quantitative estimate of drug-likeness (QED) is 0.848. The van der Waals surface area contributed by atoms with Gasteiger partial charge >= 0.3 is 5.97 Å². The van der Waals surface area contributed by atoms with Crippen molar-refractivity contribution in [3.8, 4) is 0 Å². The van der Waals surface area contributed by atoms with Gasteiger partial charge in [-0.2, -0.15) is 5.10 Å². The largest absolute Gasteiger partial charge is 0.480 e. The van der Waals surface area contributed by atoms with Gasteiger partial charge in [0, 0.05) is 18.8 Å². The third kappa shape index (κ3) is 2.63. The highest BCUT2D eigenvalue weighted by atomic mass is 32.2. The van der Waals surface area contributed by atoms with Gasteiger partial charge in [-0.25, -0.2) is 0 Å². The summed E-state index contributed by atoms with van der Waals surface area (Å²) in [6.45, 7) is 2.06. The molecule has 5 nitrogen and oxygen atoms in total. The van der Waals surface area contributed by atoms with E-state index < -0.39 is 12.0 Å². The van der Waals surface area contributed by atoms with Crippen LogP contribution in [-0.4, -0.2) is 32.7 Å². The monoisotopic (exact) mass is 255 g/mol. The van der Waals surface area contributed by atoms with Gasteiger partial charge in [0.05, 0.1) is 11.1 Å². The summed E-state index contributed by atoms with van der Waals surface area (Å²) >= 11 is 1.75. The Balaban J connectivity index is 2.18. The van der Waals surface area contributed by atoms with Crippen molar-refractivity contribution in [2.75, 3.05) is 5.75 Å². The number of nitrogens with zero attached hydrogens (tertiary/aromatic N) is 2. The molecule has 0 aromatic carbocycles. The Hall–Kier alpha value is -1.01. The number of thioether (sulfide) groups is 1. The van der Waals surface area contributed by atoms with Gasteiger partial charge in [-0.05, 0) is 18.6 Å². The fraction of sp³-hybridized carbons (Fsp3) is 0.636. The van der Waals surface area contributed by atoms with E-state index in [1.807, 2.05) is 13.2 Å². The highest BCUT2D eigenvalue weighted by molar-refractivity contribution is 7.99. The minimum atomic E-state index is -0.766. The number of carbonyl (C=O) groups is 1. The molecule has 1 aromatic rings. The second-order valence-electron chi connectivity index (χ2n) is 4.16. The van der Waals surface area contributed by atoms with Crippen LogP contribution in [0.1, 0.15) is 30.0 Å². The second-order valence-corrected chi connectivity index (χ2v) is 5.37. The normalized spacial score (nSPS) is 24.8. The van der Waals surface area contributed by atoms with Crippen LogP contribution in [0.15, 0.2) is 6.20 Å². The molecule has 2 atom stereocenters. The molecule has 0 amide bonds. The molecule has 1 fully saturated rings. The Morgan fingerprint density at radius 2 is 2.53 bits per heavy atom. The number of aryl methyl sites for hydroxylation is 2. The van der Waals surface area contributed by atoms with Gasteiger partial charge in [-0.3, -0.25) is 14.8 Å². The smallest absolute Gasteiger partial charge is 0.320 e. The molecule has 0 radical (unpaired) electrons. The van der Waals surface area contributed by atoms with Crippen molar-refractivity contribution in [2.45, 2.75) is 31.2 Å². The van der Waals surface area contributed by atoms with Gasteiger partial charge < -0.3 is 5.11 Å². The molecular formula is C11H17N3O2S. The van der Waals surface area contributed by atoms with Gasteiger partial charge in [0.1, 0.15) is 6.04 Å². The minimum absolute atomic E-state index is 0.0495. The highest BCUT2D eigenvalue weighted by Gasteiger charge is 2.29. The molecule has 2 heterocycles. The summed E-state index contributed by atoms with van der Waals surface area (Å²) in [7, 11) is 1.89. The maximum Gasteiger partial charge on any atom is 0.320 e. The van der Waals surface area contributed by atoms with Gasteiger partial charge in [0.25, 0.3) is 0 Å². The summed E-state index contributed by atoms with van der Waals surface area (Å²) in [4.78, 5) is 11.0. The Labute approximate surface area is 105 Å². The summed E-state index contributed by atoms with van der Waals surface area (Å²) in [5.41, 5.74) is 2.16. The van der Waals surface area contributed by atoms with Crippen molar-refractivity contribution in [3.05, 3.63) is 17.5 Å². The molecule has 17 heavy (non-hydrogen) atoms. The molecule has 0 aliphatic carbocycles. The SMILES string of the molecule is CCc1nn(C)cc1C1NC(C(=O)O)CCS1. The van der Waals surface area contributed by atoms with E-state index in [4.69, 9.17) is 5.11 Å². The van der Waals surface area contributed by atoms with E-state index in [0.717, 1.165) is 23.4 Å². The third-order valence-electron chi connectivity index (χ3n) is 2.90. The van der Waals surface area contributed by atoms with E-state index in [1.54, 1.807) is 16.4 Å². The molecule has 0 saturated carbocycles. The molecule has 1 saturated heterocycles. The van der Waals surface area contributed by atoms with Gasteiger partial charge in [-0.1, -0.05) is 6.92 Å². The Kier molecular flexibility index (Phi) is 3.73. The zero-order valence-corrected chi connectivity index (χ0v) is 10.8. The summed E-state index contributed by atoms with van der Waals surface area (Å²) in [6.07, 6.45) is 3.53. The third-order valence-corrected chi connectivity index (χ3v) is 4.09. The lowest BCUT2D eigenvalue weighted by molar-refractivity contribution is -0.139. The van der Waals surface area contributed by atoms with Gasteiger partial charge in [-0.15, -0.1) is 11.8 Å². The van der Waals surface area contributed by atoms with Crippen LogP contribution in [-0.2, 0) is 18.3 Å². The molecule has 2 unspecified atom stereocenters. The van der Waals surface area contributed by atoms with Crippen molar-refractivity contribution in [3.63, 3.8) is 0 Å². The number of hydrogen-bond acceptors (Lipinski definition) is 4.